The third-order valence-corrected chi connectivity index (χ3v) is 3.84. The Bertz CT molecular complexity index is 769. The number of ether oxygens (including phenoxy) is 1. The van der Waals surface area contributed by atoms with Crippen LogP contribution in [0.4, 0.5) is 13.2 Å². The van der Waals surface area contributed by atoms with Crippen molar-refractivity contribution in [3.05, 3.63) is 90.0 Å². The lowest BCUT2D eigenvalue weighted by Gasteiger charge is -2.20. The first-order valence-electron chi connectivity index (χ1n) is 7.83. The summed E-state index contributed by atoms with van der Waals surface area (Å²) < 4.78 is 46.2. The predicted molar refractivity (Wildman–Crippen MR) is 87.9 cm³/mol. The van der Waals surface area contributed by atoms with Crippen molar-refractivity contribution in [3.63, 3.8) is 0 Å². The van der Waals surface area contributed by atoms with Crippen LogP contribution in [0, 0.1) is 0 Å². The average Bonchev–Trinajstić information content (AvgIpc) is 3.12. The Kier molecular flexibility index (Phi) is 5.19. The molecular formula is C19H17F3N2O. The zero-order valence-electron chi connectivity index (χ0n) is 13.4. The molecular weight excluding hydrogens is 329 g/mol. The van der Waals surface area contributed by atoms with Crippen molar-refractivity contribution >= 4 is 0 Å². The fourth-order valence-electron chi connectivity index (χ4n) is 2.55. The van der Waals surface area contributed by atoms with Crippen molar-refractivity contribution < 1.29 is 17.9 Å². The van der Waals surface area contributed by atoms with Gasteiger partial charge in [-0.2, -0.15) is 13.2 Å². The molecule has 1 aromatic heterocycles. The number of aromatic nitrogens is 2. The van der Waals surface area contributed by atoms with Crippen molar-refractivity contribution in [2.45, 2.75) is 18.8 Å². The SMILES string of the molecule is FC(F)(F)c1ccc(C(OCCn2ccnc2)c2ccccc2)cc1. The first-order chi connectivity index (χ1) is 12.0. The largest absolute Gasteiger partial charge is 0.416 e. The third-order valence-electron chi connectivity index (χ3n) is 3.84. The van der Waals surface area contributed by atoms with Crippen LogP contribution < -0.4 is 0 Å². The molecule has 130 valence electrons. The van der Waals surface area contributed by atoms with Gasteiger partial charge in [0.1, 0.15) is 6.10 Å². The molecule has 1 unspecified atom stereocenters. The van der Waals surface area contributed by atoms with Crippen LogP contribution in [0.15, 0.2) is 73.3 Å². The summed E-state index contributed by atoms with van der Waals surface area (Å²) in [7, 11) is 0. The van der Waals surface area contributed by atoms with Crippen LogP contribution in [0.1, 0.15) is 22.8 Å². The van der Waals surface area contributed by atoms with Crippen molar-refractivity contribution in [2.24, 2.45) is 0 Å². The number of halogens is 3. The summed E-state index contributed by atoms with van der Waals surface area (Å²) in [6.45, 7) is 1.03. The molecule has 2 aromatic carbocycles. The number of hydrogen-bond donors (Lipinski definition) is 0. The van der Waals surface area contributed by atoms with Crippen molar-refractivity contribution in [1.82, 2.24) is 9.55 Å². The zero-order valence-corrected chi connectivity index (χ0v) is 13.4. The van der Waals surface area contributed by atoms with Crippen molar-refractivity contribution in [3.8, 4) is 0 Å². The second-order valence-corrected chi connectivity index (χ2v) is 5.58. The maximum Gasteiger partial charge on any atom is 0.416 e. The number of imidazole rings is 1. The lowest BCUT2D eigenvalue weighted by Crippen LogP contribution is -2.12. The van der Waals surface area contributed by atoms with E-state index in [4.69, 9.17) is 4.74 Å². The molecule has 3 nitrogen and oxygen atoms in total. The molecule has 0 radical (unpaired) electrons. The number of nitrogens with zero attached hydrogens (tertiary/aromatic N) is 2. The summed E-state index contributed by atoms with van der Waals surface area (Å²) in [5, 5.41) is 0. The fraction of sp³-hybridized carbons (Fsp3) is 0.211. The van der Waals surface area contributed by atoms with Gasteiger partial charge in [0.25, 0.3) is 0 Å². The van der Waals surface area contributed by atoms with Gasteiger partial charge in [0, 0.05) is 18.9 Å². The summed E-state index contributed by atoms with van der Waals surface area (Å²) in [5.41, 5.74) is 0.916. The molecule has 0 bridgehead atoms. The van der Waals surface area contributed by atoms with Crippen LogP contribution >= 0.6 is 0 Å². The van der Waals surface area contributed by atoms with Crippen molar-refractivity contribution in [1.29, 1.82) is 0 Å². The average molecular weight is 346 g/mol. The molecule has 0 saturated heterocycles. The molecule has 0 aliphatic carbocycles. The van der Waals surface area contributed by atoms with Gasteiger partial charge in [-0.3, -0.25) is 0 Å². The van der Waals surface area contributed by atoms with E-state index >= 15 is 0 Å². The Morgan fingerprint density at radius 2 is 1.64 bits per heavy atom. The highest BCUT2D eigenvalue weighted by molar-refractivity contribution is 5.33. The van der Waals surface area contributed by atoms with Crippen LogP contribution in [0.25, 0.3) is 0 Å². The smallest absolute Gasteiger partial charge is 0.367 e. The highest BCUT2D eigenvalue weighted by atomic mass is 19.4. The Balaban J connectivity index is 1.78. The summed E-state index contributed by atoms with van der Waals surface area (Å²) in [6.07, 6.45) is 0.443. The van der Waals surface area contributed by atoms with E-state index in [1.807, 2.05) is 41.1 Å². The van der Waals surface area contributed by atoms with Crippen LogP contribution in [0.5, 0.6) is 0 Å². The van der Waals surface area contributed by atoms with E-state index in [2.05, 4.69) is 4.98 Å². The van der Waals surface area contributed by atoms with E-state index in [-0.39, 0.29) is 0 Å². The topological polar surface area (TPSA) is 27.1 Å². The lowest BCUT2D eigenvalue weighted by molar-refractivity contribution is -0.137. The molecule has 3 rings (SSSR count). The Labute approximate surface area is 143 Å². The molecule has 1 atom stereocenters. The molecule has 0 N–H and O–H groups in total. The number of alkyl halides is 3. The van der Waals surface area contributed by atoms with Crippen LogP contribution in [-0.4, -0.2) is 16.2 Å². The van der Waals surface area contributed by atoms with Gasteiger partial charge in [-0.25, -0.2) is 4.98 Å². The second-order valence-electron chi connectivity index (χ2n) is 5.58. The minimum Gasteiger partial charge on any atom is -0.367 e. The first kappa shape index (κ1) is 17.2. The molecule has 3 aromatic rings. The van der Waals surface area contributed by atoms with Gasteiger partial charge in [-0.05, 0) is 23.3 Å². The highest BCUT2D eigenvalue weighted by Crippen LogP contribution is 2.32. The zero-order chi connectivity index (χ0) is 17.7. The van der Waals surface area contributed by atoms with Gasteiger partial charge in [0.2, 0.25) is 0 Å². The summed E-state index contributed by atoms with van der Waals surface area (Å²) in [4.78, 5) is 3.97. The Hall–Kier alpha value is -2.60. The van der Waals surface area contributed by atoms with Gasteiger partial charge in [0.15, 0.2) is 0 Å². The number of rotatable bonds is 6. The molecule has 0 fully saturated rings. The number of benzene rings is 2. The molecule has 0 aliphatic rings. The third kappa shape index (κ3) is 4.48. The second kappa shape index (κ2) is 7.53. The first-order valence-corrected chi connectivity index (χ1v) is 7.83. The van der Waals surface area contributed by atoms with Gasteiger partial charge >= 0.3 is 6.18 Å². The quantitative estimate of drug-likeness (QED) is 0.646. The van der Waals surface area contributed by atoms with E-state index in [0.29, 0.717) is 18.7 Å². The lowest BCUT2D eigenvalue weighted by atomic mass is 10.00. The molecule has 25 heavy (non-hydrogen) atoms. The van der Waals surface area contributed by atoms with E-state index < -0.39 is 17.8 Å². The van der Waals surface area contributed by atoms with E-state index in [0.717, 1.165) is 17.7 Å². The van der Waals surface area contributed by atoms with E-state index in [1.54, 1.807) is 12.5 Å². The molecule has 0 aliphatic heterocycles. The molecule has 0 saturated carbocycles. The maximum absolute atomic E-state index is 12.8. The highest BCUT2D eigenvalue weighted by Gasteiger charge is 2.30. The van der Waals surface area contributed by atoms with Crippen LogP contribution in [0.3, 0.4) is 0 Å². The normalized spacial score (nSPS) is 12.9. The molecule has 0 amide bonds. The van der Waals surface area contributed by atoms with Crippen LogP contribution in [-0.2, 0) is 17.5 Å². The minimum absolute atomic E-state index is 0.414. The van der Waals surface area contributed by atoms with Gasteiger partial charge < -0.3 is 9.30 Å². The standard InChI is InChI=1S/C19H17F3N2O/c20-19(21,22)17-8-6-16(7-9-17)18(15-4-2-1-3-5-15)25-13-12-24-11-10-23-14-24/h1-11,14,18H,12-13H2. The monoisotopic (exact) mass is 346 g/mol. The Morgan fingerprint density at radius 3 is 2.24 bits per heavy atom. The minimum atomic E-state index is -4.34. The molecule has 1 heterocycles. The Morgan fingerprint density at radius 1 is 0.960 bits per heavy atom. The van der Waals surface area contributed by atoms with E-state index in [1.165, 1.54) is 12.1 Å². The van der Waals surface area contributed by atoms with Crippen molar-refractivity contribution in [2.75, 3.05) is 6.61 Å². The van der Waals surface area contributed by atoms with Gasteiger partial charge in [-0.15, -0.1) is 0 Å². The summed E-state index contributed by atoms with van der Waals surface area (Å²) in [5.74, 6) is 0. The number of hydrogen-bond acceptors (Lipinski definition) is 2. The van der Waals surface area contributed by atoms with Gasteiger partial charge in [-0.1, -0.05) is 42.5 Å². The fourth-order valence-corrected chi connectivity index (χ4v) is 2.55. The summed E-state index contributed by atoms with van der Waals surface area (Å²) in [6, 6.07) is 14.6. The van der Waals surface area contributed by atoms with E-state index in [9.17, 15) is 13.2 Å². The predicted octanol–water partition coefficient (Wildman–Crippen LogP) is 4.71. The van der Waals surface area contributed by atoms with Crippen LogP contribution in [0.2, 0.25) is 0 Å². The maximum atomic E-state index is 12.8. The molecule has 6 heteroatoms. The van der Waals surface area contributed by atoms with Gasteiger partial charge in [0.05, 0.1) is 18.5 Å². The summed E-state index contributed by atoms with van der Waals surface area (Å²) >= 11 is 0. The molecule has 0 spiro atoms.